The summed E-state index contributed by atoms with van der Waals surface area (Å²) >= 11 is 12.3. The van der Waals surface area contributed by atoms with Crippen LogP contribution in [0, 0.1) is 18.3 Å². The van der Waals surface area contributed by atoms with Crippen molar-refractivity contribution < 1.29 is 13.9 Å². The summed E-state index contributed by atoms with van der Waals surface area (Å²) in [5.41, 5.74) is 1.61. The lowest BCUT2D eigenvalue weighted by Gasteiger charge is -2.05. The van der Waals surface area contributed by atoms with Crippen molar-refractivity contribution in [2.75, 3.05) is 38.8 Å². The molecule has 0 fully saturated rings. The predicted molar refractivity (Wildman–Crippen MR) is 92.6 cm³/mol. The summed E-state index contributed by atoms with van der Waals surface area (Å²) < 4.78 is 15.9. The molecule has 2 rings (SSSR count). The number of hydrogen-bond donors (Lipinski definition) is 1. The van der Waals surface area contributed by atoms with Crippen molar-refractivity contribution in [1.29, 1.82) is 5.26 Å². The third-order valence-corrected chi connectivity index (χ3v) is 3.90. The molecule has 0 amide bonds. The van der Waals surface area contributed by atoms with Gasteiger partial charge in [-0.25, -0.2) is 0 Å². The van der Waals surface area contributed by atoms with Crippen molar-refractivity contribution >= 4 is 29.1 Å². The third-order valence-electron chi connectivity index (χ3n) is 3.10. The molecule has 1 aromatic heterocycles. The van der Waals surface area contributed by atoms with E-state index in [1.807, 2.05) is 13.0 Å². The molecule has 6 nitrogen and oxygen atoms in total. The first kappa shape index (κ1) is 18.6. The average Bonchev–Trinajstić information content (AvgIpc) is 2.97. The van der Waals surface area contributed by atoms with Crippen LogP contribution < -0.4 is 5.32 Å². The second-order valence-corrected chi connectivity index (χ2v) is 5.73. The standard InChI is InChI=1S/C16H17Cl2N3O3/c1-10-7-11(14(18)12(17)8-10)15-21-13(9-19)16(24-15)20-3-4-23-6-5-22-2/h7-8,20H,3-6H2,1-2H3. The smallest absolute Gasteiger partial charge is 0.232 e. The summed E-state index contributed by atoms with van der Waals surface area (Å²) in [6, 6.07) is 5.54. The Morgan fingerprint density at radius 1 is 1.29 bits per heavy atom. The summed E-state index contributed by atoms with van der Waals surface area (Å²) in [6.07, 6.45) is 0. The number of halogens is 2. The van der Waals surface area contributed by atoms with Crippen molar-refractivity contribution in [1.82, 2.24) is 4.98 Å². The van der Waals surface area contributed by atoms with E-state index < -0.39 is 0 Å². The third kappa shape index (κ3) is 4.62. The van der Waals surface area contributed by atoms with Crippen LogP contribution in [-0.4, -0.2) is 38.5 Å². The Morgan fingerprint density at radius 3 is 2.79 bits per heavy atom. The summed E-state index contributed by atoms with van der Waals surface area (Å²) in [4.78, 5) is 4.18. The zero-order valence-corrected chi connectivity index (χ0v) is 14.9. The van der Waals surface area contributed by atoms with Gasteiger partial charge in [0.1, 0.15) is 6.07 Å². The molecular formula is C16H17Cl2N3O3. The van der Waals surface area contributed by atoms with E-state index in [4.69, 9.17) is 37.1 Å². The van der Waals surface area contributed by atoms with Gasteiger partial charge in [0.15, 0.2) is 0 Å². The van der Waals surface area contributed by atoms with Crippen molar-refractivity contribution in [3.8, 4) is 17.5 Å². The highest BCUT2D eigenvalue weighted by atomic mass is 35.5. The lowest BCUT2D eigenvalue weighted by molar-refractivity contribution is 0.0758. The minimum Gasteiger partial charge on any atom is -0.419 e. The maximum Gasteiger partial charge on any atom is 0.232 e. The molecule has 8 heteroatoms. The molecular weight excluding hydrogens is 353 g/mol. The Balaban J connectivity index is 2.12. The van der Waals surface area contributed by atoms with Crippen LogP contribution in [0.3, 0.4) is 0 Å². The molecule has 2 aromatic rings. The predicted octanol–water partition coefficient (Wildman–Crippen LogP) is 3.90. The van der Waals surface area contributed by atoms with E-state index in [1.54, 1.807) is 19.2 Å². The zero-order valence-electron chi connectivity index (χ0n) is 13.4. The Kier molecular flexibility index (Phi) is 6.88. The lowest BCUT2D eigenvalue weighted by Crippen LogP contribution is -2.12. The quantitative estimate of drug-likeness (QED) is 0.710. The SMILES string of the molecule is COCCOCCNc1oc(-c2cc(C)cc(Cl)c2Cl)nc1C#N. The zero-order chi connectivity index (χ0) is 17.5. The summed E-state index contributed by atoms with van der Waals surface area (Å²) in [5, 5.41) is 12.9. The van der Waals surface area contributed by atoms with Gasteiger partial charge in [0.2, 0.25) is 17.5 Å². The molecule has 0 aliphatic heterocycles. The van der Waals surface area contributed by atoms with E-state index in [9.17, 15) is 5.26 Å². The summed E-state index contributed by atoms with van der Waals surface area (Å²) in [6.45, 7) is 3.83. The van der Waals surface area contributed by atoms with Gasteiger partial charge in [0.05, 0.1) is 35.4 Å². The van der Waals surface area contributed by atoms with Gasteiger partial charge in [-0.1, -0.05) is 23.2 Å². The van der Waals surface area contributed by atoms with Crippen LogP contribution in [0.2, 0.25) is 10.0 Å². The number of aromatic nitrogens is 1. The highest BCUT2D eigenvalue weighted by Crippen LogP contribution is 2.36. The Labute approximate surface area is 150 Å². The highest BCUT2D eigenvalue weighted by Gasteiger charge is 2.18. The average molecular weight is 370 g/mol. The van der Waals surface area contributed by atoms with Gasteiger partial charge >= 0.3 is 0 Å². The van der Waals surface area contributed by atoms with Gasteiger partial charge < -0.3 is 19.2 Å². The number of hydrogen-bond acceptors (Lipinski definition) is 6. The number of ether oxygens (including phenoxy) is 2. The number of benzene rings is 1. The number of nitrogens with zero attached hydrogens (tertiary/aromatic N) is 2. The number of rotatable bonds is 8. The van der Waals surface area contributed by atoms with Crippen LogP contribution in [0.25, 0.3) is 11.5 Å². The summed E-state index contributed by atoms with van der Waals surface area (Å²) in [7, 11) is 1.61. The first-order chi connectivity index (χ1) is 11.6. The fourth-order valence-corrected chi connectivity index (χ4v) is 2.46. The van der Waals surface area contributed by atoms with Crippen molar-refractivity contribution in [2.24, 2.45) is 0 Å². The molecule has 0 aliphatic carbocycles. The number of nitrogens with one attached hydrogen (secondary N) is 1. The van der Waals surface area contributed by atoms with E-state index in [0.717, 1.165) is 5.56 Å². The molecule has 128 valence electrons. The molecule has 0 bridgehead atoms. The maximum absolute atomic E-state index is 9.21. The molecule has 1 heterocycles. The van der Waals surface area contributed by atoms with Crippen LogP contribution in [0.15, 0.2) is 16.5 Å². The number of methoxy groups -OCH3 is 1. The van der Waals surface area contributed by atoms with Gasteiger partial charge in [-0.05, 0) is 24.6 Å². The molecule has 0 unspecified atom stereocenters. The van der Waals surface area contributed by atoms with Crippen LogP contribution in [-0.2, 0) is 9.47 Å². The summed E-state index contributed by atoms with van der Waals surface area (Å²) in [5.74, 6) is 0.515. The largest absolute Gasteiger partial charge is 0.419 e. The lowest BCUT2D eigenvalue weighted by atomic mass is 10.1. The minimum absolute atomic E-state index is 0.149. The van der Waals surface area contributed by atoms with Crippen LogP contribution >= 0.6 is 23.2 Å². The topological polar surface area (TPSA) is 80.3 Å². The minimum atomic E-state index is 0.149. The molecule has 0 atom stereocenters. The fourth-order valence-electron chi connectivity index (χ4n) is 1.99. The maximum atomic E-state index is 9.21. The number of nitriles is 1. The monoisotopic (exact) mass is 369 g/mol. The van der Waals surface area contributed by atoms with Crippen molar-refractivity contribution in [2.45, 2.75) is 6.92 Å². The van der Waals surface area contributed by atoms with E-state index in [1.165, 1.54) is 0 Å². The number of aryl methyl sites for hydroxylation is 1. The molecule has 0 radical (unpaired) electrons. The first-order valence-corrected chi connectivity index (χ1v) is 8.00. The van der Waals surface area contributed by atoms with Gasteiger partial charge in [-0.2, -0.15) is 10.2 Å². The molecule has 0 spiro atoms. The molecule has 0 saturated heterocycles. The van der Waals surface area contributed by atoms with Gasteiger partial charge in [-0.3, -0.25) is 0 Å². The van der Waals surface area contributed by atoms with E-state index in [2.05, 4.69) is 10.3 Å². The molecule has 1 aromatic carbocycles. The van der Waals surface area contributed by atoms with Gasteiger partial charge in [-0.15, -0.1) is 0 Å². The number of oxazole rings is 1. The molecule has 0 saturated carbocycles. The Bertz CT molecular complexity index is 741. The normalized spacial score (nSPS) is 10.6. The van der Waals surface area contributed by atoms with Crippen LogP contribution in [0.1, 0.15) is 11.3 Å². The van der Waals surface area contributed by atoms with Crippen molar-refractivity contribution in [3.63, 3.8) is 0 Å². The molecule has 1 N–H and O–H groups in total. The Hall–Kier alpha value is -1.78. The second kappa shape index (κ2) is 8.90. The van der Waals surface area contributed by atoms with Gasteiger partial charge in [0, 0.05) is 13.7 Å². The Morgan fingerprint density at radius 2 is 2.08 bits per heavy atom. The highest BCUT2D eigenvalue weighted by molar-refractivity contribution is 6.43. The molecule has 24 heavy (non-hydrogen) atoms. The van der Waals surface area contributed by atoms with Crippen LogP contribution in [0.5, 0.6) is 0 Å². The fraction of sp³-hybridized carbons (Fsp3) is 0.375. The molecule has 0 aliphatic rings. The van der Waals surface area contributed by atoms with Crippen LogP contribution in [0.4, 0.5) is 5.88 Å². The van der Waals surface area contributed by atoms with E-state index >= 15 is 0 Å². The van der Waals surface area contributed by atoms with Crippen molar-refractivity contribution in [3.05, 3.63) is 33.4 Å². The van der Waals surface area contributed by atoms with Gasteiger partial charge in [0.25, 0.3) is 0 Å². The van der Waals surface area contributed by atoms with E-state index in [-0.39, 0.29) is 17.5 Å². The second-order valence-electron chi connectivity index (χ2n) is 4.95. The number of anilines is 1. The first-order valence-electron chi connectivity index (χ1n) is 7.24. The van der Waals surface area contributed by atoms with E-state index in [0.29, 0.717) is 42.0 Å².